The highest BCUT2D eigenvalue weighted by molar-refractivity contribution is 6.33. The van der Waals surface area contributed by atoms with Crippen LogP contribution >= 0.6 is 11.6 Å². The van der Waals surface area contributed by atoms with Crippen LogP contribution in [-0.2, 0) is 0 Å². The van der Waals surface area contributed by atoms with Crippen LogP contribution in [0.15, 0.2) is 42.7 Å². The lowest BCUT2D eigenvalue weighted by molar-refractivity contribution is 0.0724. The number of amides is 1. The van der Waals surface area contributed by atoms with Gasteiger partial charge < -0.3 is 9.80 Å². The number of carbonyl (C=O) groups is 1. The summed E-state index contributed by atoms with van der Waals surface area (Å²) in [6.45, 7) is 3.32. The Kier molecular flexibility index (Phi) is 4.87. The number of piperidine rings is 1. The molecular weight excluding hydrogens is 386 g/mol. The van der Waals surface area contributed by atoms with Crippen molar-refractivity contribution in [2.45, 2.75) is 31.7 Å². The molecule has 1 aromatic carbocycles. The molecule has 2 aliphatic rings. The van der Waals surface area contributed by atoms with Crippen LogP contribution in [0.4, 0.5) is 5.82 Å². The number of halogens is 1. The number of fused-ring (bicyclic) bond motifs is 1. The summed E-state index contributed by atoms with van der Waals surface area (Å²) in [5.41, 5.74) is 1.59. The minimum atomic E-state index is 0.0354. The molecule has 1 amide bonds. The van der Waals surface area contributed by atoms with E-state index < -0.39 is 0 Å². The van der Waals surface area contributed by atoms with Crippen molar-refractivity contribution in [3.63, 3.8) is 0 Å². The second kappa shape index (κ2) is 7.67. The SMILES string of the molecule is O=C(c1cnc(N2CCC(n3cc4ccccc4n3)C2)c(Cl)c1)N1CCCCC1. The van der Waals surface area contributed by atoms with E-state index in [9.17, 15) is 4.79 Å². The number of rotatable bonds is 3. The first-order chi connectivity index (χ1) is 14.2. The normalized spacial score (nSPS) is 19.8. The van der Waals surface area contributed by atoms with Crippen molar-refractivity contribution < 1.29 is 4.79 Å². The molecule has 0 spiro atoms. The largest absolute Gasteiger partial charge is 0.353 e. The molecule has 150 valence electrons. The number of carbonyl (C=O) groups excluding carboxylic acids is 1. The zero-order valence-corrected chi connectivity index (χ0v) is 17.1. The van der Waals surface area contributed by atoms with E-state index in [1.54, 1.807) is 12.3 Å². The van der Waals surface area contributed by atoms with Gasteiger partial charge in [-0.1, -0.05) is 29.8 Å². The molecule has 0 saturated carbocycles. The predicted molar refractivity (Wildman–Crippen MR) is 115 cm³/mol. The van der Waals surface area contributed by atoms with Crippen molar-refractivity contribution >= 4 is 34.2 Å². The van der Waals surface area contributed by atoms with Crippen LogP contribution in [0.5, 0.6) is 0 Å². The third-order valence-corrected chi connectivity index (χ3v) is 6.26. The summed E-state index contributed by atoms with van der Waals surface area (Å²) in [5.74, 6) is 0.786. The summed E-state index contributed by atoms with van der Waals surface area (Å²) >= 11 is 6.55. The van der Waals surface area contributed by atoms with Gasteiger partial charge in [0.05, 0.1) is 22.1 Å². The molecule has 0 radical (unpaired) electrons. The van der Waals surface area contributed by atoms with Gasteiger partial charge in [0, 0.05) is 44.0 Å². The Morgan fingerprint density at radius 2 is 1.93 bits per heavy atom. The van der Waals surface area contributed by atoms with Crippen LogP contribution in [0, 0.1) is 0 Å². The molecule has 2 fully saturated rings. The lowest BCUT2D eigenvalue weighted by Crippen LogP contribution is -2.35. The van der Waals surface area contributed by atoms with Gasteiger partial charge in [-0.2, -0.15) is 5.10 Å². The molecule has 3 aromatic rings. The number of likely N-dealkylation sites (tertiary alicyclic amines) is 1. The molecule has 0 N–H and O–H groups in total. The van der Waals surface area contributed by atoms with E-state index in [1.807, 2.05) is 23.1 Å². The first kappa shape index (κ1) is 18.4. The molecule has 0 aliphatic carbocycles. The Morgan fingerprint density at radius 3 is 2.72 bits per heavy atom. The maximum atomic E-state index is 12.7. The third-order valence-electron chi connectivity index (χ3n) is 5.98. The fourth-order valence-corrected chi connectivity index (χ4v) is 4.67. The van der Waals surface area contributed by atoms with E-state index in [2.05, 4.69) is 26.8 Å². The van der Waals surface area contributed by atoms with Crippen LogP contribution in [0.1, 0.15) is 42.1 Å². The van der Waals surface area contributed by atoms with Gasteiger partial charge in [-0.3, -0.25) is 9.48 Å². The highest BCUT2D eigenvalue weighted by Crippen LogP contribution is 2.31. The summed E-state index contributed by atoms with van der Waals surface area (Å²) in [5, 5.41) is 6.42. The van der Waals surface area contributed by atoms with Gasteiger partial charge in [0.2, 0.25) is 0 Å². The van der Waals surface area contributed by atoms with Crippen LogP contribution in [0.25, 0.3) is 10.9 Å². The first-order valence-corrected chi connectivity index (χ1v) is 10.7. The summed E-state index contributed by atoms with van der Waals surface area (Å²) in [6.07, 6.45) is 8.11. The van der Waals surface area contributed by atoms with E-state index in [0.29, 0.717) is 10.6 Å². The number of nitrogens with zero attached hydrogens (tertiary/aromatic N) is 5. The van der Waals surface area contributed by atoms with Crippen LogP contribution in [0.2, 0.25) is 5.02 Å². The molecule has 4 heterocycles. The summed E-state index contributed by atoms with van der Waals surface area (Å²) in [7, 11) is 0. The van der Waals surface area contributed by atoms with Gasteiger partial charge in [0.25, 0.3) is 5.91 Å². The molecule has 5 rings (SSSR count). The molecule has 7 heteroatoms. The third kappa shape index (κ3) is 3.57. The average molecular weight is 410 g/mol. The van der Waals surface area contributed by atoms with Crippen LogP contribution in [-0.4, -0.2) is 51.8 Å². The highest BCUT2D eigenvalue weighted by atomic mass is 35.5. The molecule has 2 aromatic heterocycles. The lowest BCUT2D eigenvalue weighted by Gasteiger charge is -2.27. The minimum Gasteiger partial charge on any atom is -0.353 e. The summed E-state index contributed by atoms with van der Waals surface area (Å²) in [4.78, 5) is 21.4. The van der Waals surface area contributed by atoms with E-state index >= 15 is 0 Å². The Hall–Kier alpha value is -2.60. The Labute approximate surface area is 175 Å². The van der Waals surface area contributed by atoms with E-state index in [4.69, 9.17) is 16.7 Å². The fraction of sp³-hybridized carbons (Fsp3) is 0.409. The lowest BCUT2D eigenvalue weighted by atomic mass is 10.1. The molecule has 6 nitrogen and oxygen atoms in total. The molecular formula is C22H24ClN5O. The summed E-state index contributed by atoms with van der Waals surface area (Å²) < 4.78 is 2.06. The fourth-order valence-electron chi connectivity index (χ4n) is 4.38. The molecule has 1 unspecified atom stereocenters. The van der Waals surface area contributed by atoms with Crippen molar-refractivity contribution in [1.29, 1.82) is 0 Å². The molecule has 29 heavy (non-hydrogen) atoms. The Morgan fingerprint density at radius 1 is 1.10 bits per heavy atom. The van der Waals surface area contributed by atoms with Crippen molar-refractivity contribution in [3.05, 3.63) is 53.3 Å². The smallest absolute Gasteiger partial charge is 0.255 e. The van der Waals surface area contributed by atoms with E-state index in [1.165, 1.54) is 6.42 Å². The zero-order valence-electron chi connectivity index (χ0n) is 16.3. The van der Waals surface area contributed by atoms with Crippen molar-refractivity contribution in [2.24, 2.45) is 0 Å². The Bertz CT molecular complexity index is 1010. The standard InChI is InChI=1S/C22H24ClN5O/c23-19-12-17(22(29)26-9-4-1-5-10-26)13-24-21(19)27-11-8-18(15-27)28-14-16-6-2-3-7-20(16)25-28/h2-3,6-7,12-14,18H,1,4-5,8-11,15H2. The quantitative estimate of drug-likeness (QED) is 0.651. The number of aromatic nitrogens is 3. The van der Waals surface area contributed by atoms with Crippen molar-refractivity contribution in [2.75, 3.05) is 31.1 Å². The topological polar surface area (TPSA) is 54.3 Å². The van der Waals surface area contributed by atoms with Gasteiger partial charge in [-0.05, 0) is 37.8 Å². The number of hydrogen-bond donors (Lipinski definition) is 0. The van der Waals surface area contributed by atoms with Gasteiger partial charge in [-0.25, -0.2) is 4.98 Å². The maximum absolute atomic E-state index is 12.7. The minimum absolute atomic E-state index is 0.0354. The molecule has 0 bridgehead atoms. The molecule has 1 atom stereocenters. The monoisotopic (exact) mass is 409 g/mol. The van der Waals surface area contributed by atoms with Gasteiger partial charge in [0.15, 0.2) is 0 Å². The predicted octanol–water partition coefficient (Wildman–Crippen LogP) is 4.16. The van der Waals surface area contributed by atoms with Crippen LogP contribution in [0.3, 0.4) is 0 Å². The maximum Gasteiger partial charge on any atom is 0.255 e. The highest BCUT2D eigenvalue weighted by Gasteiger charge is 2.28. The van der Waals surface area contributed by atoms with Crippen molar-refractivity contribution in [3.8, 4) is 0 Å². The van der Waals surface area contributed by atoms with Gasteiger partial charge in [0.1, 0.15) is 5.82 Å². The average Bonchev–Trinajstić information content (AvgIpc) is 3.41. The van der Waals surface area contributed by atoms with E-state index in [0.717, 1.165) is 62.2 Å². The van der Waals surface area contributed by atoms with Gasteiger partial charge >= 0.3 is 0 Å². The zero-order chi connectivity index (χ0) is 19.8. The second-order valence-corrected chi connectivity index (χ2v) is 8.35. The number of pyridine rings is 1. The molecule has 2 aliphatic heterocycles. The van der Waals surface area contributed by atoms with Crippen LogP contribution < -0.4 is 4.90 Å². The first-order valence-electron chi connectivity index (χ1n) is 10.3. The van der Waals surface area contributed by atoms with E-state index in [-0.39, 0.29) is 11.9 Å². The number of hydrogen-bond acceptors (Lipinski definition) is 4. The van der Waals surface area contributed by atoms with Gasteiger partial charge in [-0.15, -0.1) is 0 Å². The second-order valence-electron chi connectivity index (χ2n) is 7.94. The number of anilines is 1. The summed E-state index contributed by atoms with van der Waals surface area (Å²) in [6, 6.07) is 10.2. The number of benzene rings is 1. The van der Waals surface area contributed by atoms with Crippen molar-refractivity contribution in [1.82, 2.24) is 19.7 Å². The Balaban J connectivity index is 1.31. The molecule has 2 saturated heterocycles.